The average molecular weight is 375 g/mol. The molecule has 4 aromatic rings. The number of benzene rings is 3. The van der Waals surface area contributed by atoms with Gasteiger partial charge in [-0.05, 0) is 48.8 Å². The van der Waals surface area contributed by atoms with E-state index in [4.69, 9.17) is 12.2 Å². The molecule has 4 rings (SSSR count). The van der Waals surface area contributed by atoms with Crippen molar-refractivity contribution < 1.29 is 4.79 Å². The summed E-state index contributed by atoms with van der Waals surface area (Å²) < 4.78 is 1.84. The van der Waals surface area contributed by atoms with Gasteiger partial charge < -0.3 is 10.3 Å². The van der Waals surface area contributed by atoms with Crippen LogP contribution in [0.1, 0.15) is 17.3 Å². The monoisotopic (exact) mass is 375 g/mol. The van der Waals surface area contributed by atoms with Crippen molar-refractivity contribution in [1.29, 1.82) is 0 Å². The second kappa shape index (κ2) is 6.81. The molecule has 27 heavy (non-hydrogen) atoms. The molecular formula is C21H17N3O2S. The van der Waals surface area contributed by atoms with E-state index in [1.54, 1.807) is 18.2 Å². The molecular weight excluding hydrogens is 358 g/mol. The number of H-pyrrole nitrogens is 1. The fourth-order valence-electron chi connectivity index (χ4n) is 3.21. The van der Waals surface area contributed by atoms with Crippen molar-refractivity contribution in [2.45, 2.75) is 13.5 Å². The largest absolute Gasteiger partial charge is 0.332 e. The van der Waals surface area contributed by atoms with Crippen molar-refractivity contribution in [2.75, 3.05) is 5.32 Å². The number of aromatic nitrogens is 2. The SMILES string of the molecule is CCn1c(=S)[nH]c2cc(C(=O)Nc3cccc4ccccc34)ccc2c1=O. The number of hydrogen-bond acceptors (Lipinski definition) is 3. The first kappa shape index (κ1) is 17.2. The first-order chi connectivity index (χ1) is 13.1. The second-order valence-electron chi connectivity index (χ2n) is 6.22. The summed E-state index contributed by atoms with van der Waals surface area (Å²) in [5.74, 6) is -0.243. The Morgan fingerprint density at radius 1 is 1.07 bits per heavy atom. The Morgan fingerprint density at radius 3 is 2.67 bits per heavy atom. The molecule has 1 amide bonds. The Balaban J connectivity index is 1.75. The molecule has 1 heterocycles. The number of anilines is 1. The van der Waals surface area contributed by atoms with Gasteiger partial charge in [0.1, 0.15) is 0 Å². The van der Waals surface area contributed by atoms with E-state index >= 15 is 0 Å². The van der Waals surface area contributed by atoms with Crippen molar-refractivity contribution >= 4 is 45.5 Å². The number of hydrogen-bond donors (Lipinski definition) is 2. The molecule has 0 bridgehead atoms. The molecule has 6 heteroatoms. The van der Waals surface area contributed by atoms with Gasteiger partial charge in [0.2, 0.25) is 0 Å². The van der Waals surface area contributed by atoms with E-state index in [1.165, 1.54) is 4.57 Å². The van der Waals surface area contributed by atoms with Gasteiger partial charge >= 0.3 is 0 Å². The first-order valence-electron chi connectivity index (χ1n) is 8.64. The third-order valence-electron chi connectivity index (χ3n) is 4.60. The highest BCUT2D eigenvalue weighted by atomic mass is 32.1. The highest BCUT2D eigenvalue weighted by molar-refractivity contribution is 7.71. The second-order valence-corrected chi connectivity index (χ2v) is 6.61. The fraction of sp³-hybridized carbons (Fsp3) is 0.0952. The van der Waals surface area contributed by atoms with Crippen LogP contribution in [0, 0.1) is 4.77 Å². The number of carbonyl (C=O) groups is 1. The van der Waals surface area contributed by atoms with Crippen molar-refractivity contribution in [1.82, 2.24) is 9.55 Å². The van der Waals surface area contributed by atoms with Crippen molar-refractivity contribution in [3.05, 3.63) is 81.4 Å². The van der Waals surface area contributed by atoms with Gasteiger partial charge in [-0.15, -0.1) is 0 Å². The van der Waals surface area contributed by atoms with Gasteiger partial charge in [-0.2, -0.15) is 0 Å². The molecule has 0 fully saturated rings. The summed E-state index contributed by atoms with van der Waals surface area (Å²) in [4.78, 5) is 28.3. The zero-order chi connectivity index (χ0) is 19.0. The summed E-state index contributed by atoms with van der Waals surface area (Å²) in [5, 5.41) is 5.49. The van der Waals surface area contributed by atoms with Gasteiger partial charge in [0.05, 0.1) is 10.9 Å². The summed E-state index contributed by atoms with van der Waals surface area (Å²) in [5.41, 5.74) is 1.60. The lowest BCUT2D eigenvalue weighted by molar-refractivity contribution is 0.102. The maximum atomic E-state index is 12.8. The molecule has 0 saturated heterocycles. The summed E-state index contributed by atoms with van der Waals surface area (Å²) in [7, 11) is 0. The van der Waals surface area contributed by atoms with Crippen LogP contribution in [0.25, 0.3) is 21.7 Å². The average Bonchev–Trinajstić information content (AvgIpc) is 2.68. The number of rotatable bonds is 3. The molecule has 134 valence electrons. The lowest BCUT2D eigenvalue weighted by Crippen LogP contribution is -2.21. The van der Waals surface area contributed by atoms with Gasteiger partial charge in [-0.25, -0.2) is 0 Å². The number of fused-ring (bicyclic) bond motifs is 2. The minimum Gasteiger partial charge on any atom is -0.332 e. The van der Waals surface area contributed by atoms with Gasteiger partial charge in [-0.1, -0.05) is 36.4 Å². The standard InChI is InChI=1S/C21H17N3O2S/c1-2-24-20(26)16-11-10-14(12-18(16)23-21(24)27)19(25)22-17-9-5-7-13-6-3-4-8-15(13)17/h3-12H,2H2,1H3,(H,22,25)(H,23,27). The lowest BCUT2D eigenvalue weighted by Gasteiger charge is -2.10. The molecule has 3 aromatic carbocycles. The van der Waals surface area contributed by atoms with Crippen molar-refractivity contribution in [3.8, 4) is 0 Å². The Morgan fingerprint density at radius 2 is 1.85 bits per heavy atom. The van der Waals surface area contributed by atoms with Crippen LogP contribution in [0.2, 0.25) is 0 Å². The summed E-state index contributed by atoms with van der Waals surface area (Å²) in [6.07, 6.45) is 0. The molecule has 2 N–H and O–H groups in total. The van der Waals surface area contributed by atoms with E-state index in [2.05, 4.69) is 10.3 Å². The van der Waals surface area contributed by atoms with Crippen LogP contribution in [0.15, 0.2) is 65.5 Å². The van der Waals surface area contributed by atoms with E-state index < -0.39 is 0 Å². The van der Waals surface area contributed by atoms with Crippen LogP contribution in [-0.4, -0.2) is 15.5 Å². The maximum Gasteiger partial charge on any atom is 0.262 e. The molecule has 0 radical (unpaired) electrons. The smallest absolute Gasteiger partial charge is 0.262 e. The van der Waals surface area contributed by atoms with E-state index in [-0.39, 0.29) is 11.5 Å². The van der Waals surface area contributed by atoms with Gasteiger partial charge in [0, 0.05) is 23.2 Å². The van der Waals surface area contributed by atoms with E-state index in [1.807, 2.05) is 49.4 Å². The predicted octanol–water partition coefficient (Wildman–Crippen LogP) is 4.48. The number of amides is 1. The fourth-order valence-corrected chi connectivity index (χ4v) is 3.53. The van der Waals surface area contributed by atoms with Crippen LogP contribution in [0.4, 0.5) is 5.69 Å². The van der Waals surface area contributed by atoms with E-state index in [0.29, 0.717) is 27.8 Å². The van der Waals surface area contributed by atoms with Gasteiger partial charge in [-0.3, -0.25) is 14.2 Å². The first-order valence-corrected chi connectivity index (χ1v) is 9.05. The summed E-state index contributed by atoms with van der Waals surface area (Å²) in [6.45, 7) is 2.36. The molecule has 5 nitrogen and oxygen atoms in total. The highest BCUT2D eigenvalue weighted by Crippen LogP contribution is 2.23. The predicted molar refractivity (Wildman–Crippen MR) is 111 cm³/mol. The Hall–Kier alpha value is -3.25. The third-order valence-corrected chi connectivity index (χ3v) is 4.92. The topological polar surface area (TPSA) is 66.9 Å². The minimum absolute atomic E-state index is 0.155. The molecule has 0 atom stereocenters. The van der Waals surface area contributed by atoms with Crippen molar-refractivity contribution in [2.24, 2.45) is 0 Å². The highest BCUT2D eigenvalue weighted by Gasteiger charge is 2.11. The maximum absolute atomic E-state index is 12.8. The molecule has 1 aromatic heterocycles. The zero-order valence-corrected chi connectivity index (χ0v) is 15.5. The number of nitrogens with one attached hydrogen (secondary N) is 2. The molecule has 0 aliphatic heterocycles. The molecule has 0 aliphatic rings. The molecule has 0 spiro atoms. The van der Waals surface area contributed by atoms with Crippen LogP contribution in [0.5, 0.6) is 0 Å². The third kappa shape index (κ3) is 3.04. The Labute approximate surface area is 160 Å². The van der Waals surface area contributed by atoms with Crippen LogP contribution in [-0.2, 0) is 6.54 Å². The van der Waals surface area contributed by atoms with Crippen molar-refractivity contribution in [3.63, 3.8) is 0 Å². The molecule has 0 unspecified atom stereocenters. The summed E-state index contributed by atoms with van der Waals surface area (Å²) in [6, 6.07) is 18.6. The number of aromatic amines is 1. The molecule has 0 aliphatic carbocycles. The Bertz CT molecular complexity index is 1300. The normalized spacial score (nSPS) is 11.0. The number of nitrogens with zero attached hydrogens (tertiary/aromatic N) is 1. The zero-order valence-electron chi connectivity index (χ0n) is 14.7. The minimum atomic E-state index is -0.243. The number of carbonyl (C=O) groups excluding carboxylic acids is 1. The van der Waals surface area contributed by atoms with E-state index in [9.17, 15) is 9.59 Å². The Kier molecular flexibility index (Phi) is 4.33. The van der Waals surface area contributed by atoms with E-state index in [0.717, 1.165) is 16.5 Å². The summed E-state index contributed by atoms with van der Waals surface area (Å²) >= 11 is 5.24. The van der Waals surface area contributed by atoms with Crippen LogP contribution in [0.3, 0.4) is 0 Å². The molecule has 0 saturated carbocycles. The lowest BCUT2D eigenvalue weighted by atomic mass is 10.1. The van der Waals surface area contributed by atoms with Crippen LogP contribution >= 0.6 is 12.2 Å². The van der Waals surface area contributed by atoms with Gasteiger partial charge in [0.15, 0.2) is 4.77 Å². The van der Waals surface area contributed by atoms with Gasteiger partial charge in [0.25, 0.3) is 11.5 Å². The van der Waals surface area contributed by atoms with Crippen LogP contribution < -0.4 is 10.9 Å². The quantitative estimate of drug-likeness (QED) is 0.519.